The molecule has 0 aromatic carbocycles. The predicted octanol–water partition coefficient (Wildman–Crippen LogP) is -1.32. The first kappa shape index (κ1) is 8.84. The van der Waals surface area contributed by atoms with Crippen LogP contribution in [0.3, 0.4) is 0 Å². The van der Waals surface area contributed by atoms with Crippen molar-refractivity contribution in [1.29, 1.82) is 0 Å². The fraction of sp³-hybridized carbons (Fsp3) is 0. The van der Waals surface area contributed by atoms with Crippen LogP contribution >= 0.6 is 9.90 Å². The molecule has 1 aromatic heterocycles. The van der Waals surface area contributed by atoms with Crippen molar-refractivity contribution in [3.8, 4) is 0 Å². The Labute approximate surface area is 60.9 Å². The van der Waals surface area contributed by atoms with Crippen LogP contribution in [0.2, 0.25) is 0 Å². The highest BCUT2D eigenvalue weighted by atomic mass is 31.0. The maximum absolute atomic E-state index is 5.14. The average Bonchev–Trinajstić information content (AvgIpc) is 1.59. The van der Waals surface area contributed by atoms with E-state index < -0.39 is 0 Å². The molecule has 1 heterocycles. The van der Waals surface area contributed by atoms with Crippen LogP contribution in [0.1, 0.15) is 0 Å². The van der Waals surface area contributed by atoms with Gasteiger partial charge in [-0.3, -0.25) is 0 Å². The molecule has 0 radical (unpaired) electrons. The van der Waals surface area contributed by atoms with Gasteiger partial charge in [0.2, 0.25) is 17.8 Å². The van der Waals surface area contributed by atoms with Crippen LogP contribution in [0.25, 0.3) is 0 Å². The van der Waals surface area contributed by atoms with Crippen molar-refractivity contribution < 1.29 is 0 Å². The summed E-state index contributed by atoms with van der Waals surface area (Å²) >= 11 is 0. The number of nitrogens with two attached hydrogens (primary N) is 3. The molecular weight excluding hydrogens is 151 g/mol. The third kappa shape index (κ3) is 1.99. The van der Waals surface area contributed by atoms with Crippen molar-refractivity contribution in [1.82, 2.24) is 15.0 Å². The van der Waals surface area contributed by atoms with Crippen LogP contribution in [-0.2, 0) is 0 Å². The summed E-state index contributed by atoms with van der Waals surface area (Å²) in [5.41, 5.74) is 15.4. The molecule has 0 fully saturated rings. The number of aromatic nitrogens is 3. The molecule has 0 amide bonds. The first-order chi connectivity index (χ1) is 4.18. The van der Waals surface area contributed by atoms with Gasteiger partial charge in [-0.2, -0.15) is 24.9 Å². The summed E-state index contributed by atoms with van der Waals surface area (Å²) in [6.45, 7) is 0. The Hall–Kier alpha value is -1.16. The first-order valence-electron chi connectivity index (χ1n) is 2.21. The minimum Gasteiger partial charge on any atom is -0.368 e. The Bertz CT molecular complexity index is 174. The zero-order chi connectivity index (χ0) is 6.85. The van der Waals surface area contributed by atoms with Crippen LogP contribution < -0.4 is 17.2 Å². The second-order valence-corrected chi connectivity index (χ2v) is 1.41. The molecule has 0 aliphatic heterocycles. The van der Waals surface area contributed by atoms with E-state index >= 15 is 0 Å². The highest BCUT2D eigenvalue weighted by Crippen LogP contribution is 1.97. The number of nitrogen functional groups attached to an aromatic ring is 3. The summed E-state index contributed by atoms with van der Waals surface area (Å²) in [6.07, 6.45) is 0. The lowest BCUT2D eigenvalue weighted by molar-refractivity contribution is 1.09. The molecule has 0 saturated heterocycles. The van der Waals surface area contributed by atoms with Gasteiger partial charge >= 0.3 is 0 Å². The Morgan fingerprint density at radius 1 is 0.700 bits per heavy atom. The predicted molar refractivity (Wildman–Crippen MR) is 44.2 cm³/mol. The number of rotatable bonds is 0. The molecule has 1 atom stereocenters. The summed E-state index contributed by atoms with van der Waals surface area (Å²) in [4.78, 5) is 10.5. The topological polar surface area (TPSA) is 117 Å². The van der Waals surface area contributed by atoms with E-state index in [-0.39, 0.29) is 27.7 Å². The van der Waals surface area contributed by atoms with E-state index in [1.54, 1.807) is 0 Å². The molecule has 0 bridgehead atoms. The zero-order valence-electron chi connectivity index (χ0n) is 5.28. The van der Waals surface area contributed by atoms with Gasteiger partial charge in [-0.15, -0.1) is 0 Å². The molecule has 7 heteroatoms. The van der Waals surface area contributed by atoms with Gasteiger partial charge in [0.05, 0.1) is 0 Å². The zero-order valence-corrected chi connectivity index (χ0v) is 6.70. The molecular formula is C3H9N6P. The summed E-state index contributed by atoms with van der Waals surface area (Å²) in [6, 6.07) is 0. The van der Waals surface area contributed by atoms with E-state index in [0.29, 0.717) is 0 Å². The standard InChI is InChI=1S/C3H6N6.H3P/c4-1-7-2(5)9-3(6)8-1;/h(H6,4,5,6,7,8,9);1H3. The summed E-state index contributed by atoms with van der Waals surface area (Å²) in [5, 5.41) is 0. The van der Waals surface area contributed by atoms with Crippen molar-refractivity contribution in [2.24, 2.45) is 0 Å². The van der Waals surface area contributed by atoms with Gasteiger partial charge in [0, 0.05) is 0 Å². The second kappa shape index (κ2) is 3.12. The summed E-state index contributed by atoms with van der Waals surface area (Å²) < 4.78 is 0. The Morgan fingerprint density at radius 2 is 0.900 bits per heavy atom. The van der Waals surface area contributed by atoms with E-state index in [9.17, 15) is 0 Å². The third-order valence-electron chi connectivity index (χ3n) is 0.687. The van der Waals surface area contributed by atoms with E-state index in [2.05, 4.69) is 15.0 Å². The summed E-state index contributed by atoms with van der Waals surface area (Å²) in [5.74, 6) is 0.125. The number of anilines is 3. The van der Waals surface area contributed by atoms with Crippen LogP contribution in [0, 0.1) is 0 Å². The maximum Gasteiger partial charge on any atom is 0.226 e. The van der Waals surface area contributed by atoms with Crippen molar-refractivity contribution in [2.45, 2.75) is 0 Å². The van der Waals surface area contributed by atoms with Crippen LogP contribution in [0.4, 0.5) is 17.8 Å². The molecule has 1 rings (SSSR count). The Balaban J connectivity index is 0.000000810. The Kier molecular flexibility index (Phi) is 2.76. The van der Waals surface area contributed by atoms with Crippen molar-refractivity contribution in [3.05, 3.63) is 0 Å². The smallest absolute Gasteiger partial charge is 0.226 e. The fourth-order valence-electron chi connectivity index (χ4n) is 0.427. The monoisotopic (exact) mass is 160 g/mol. The number of nitrogens with zero attached hydrogens (tertiary/aromatic N) is 3. The molecule has 0 spiro atoms. The average molecular weight is 160 g/mol. The lowest BCUT2D eigenvalue weighted by atomic mass is 10.9. The van der Waals surface area contributed by atoms with Crippen molar-refractivity contribution in [3.63, 3.8) is 0 Å². The third-order valence-corrected chi connectivity index (χ3v) is 0.687. The van der Waals surface area contributed by atoms with E-state index in [1.165, 1.54) is 0 Å². The highest BCUT2D eigenvalue weighted by Gasteiger charge is 1.93. The molecule has 0 aliphatic rings. The minimum atomic E-state index is 0. The fourth-order valence-corrected chi connectivity index (χ4v) is 0.427. The van der Waals surface area contributed by atoms with Gasteiger partial charge in [0.25, 0.3) is 0 Å². The largest absolute Gasteiger partial charge is 0.368 e. The second-order valence-electron chi connectivity index (χ2n) is 1.41. The van der Waals surface area contributed by atoms with Gasteiger partial charge in [-0.05, 0) is 0 Å². The van der Waals surface area contributed by atoms with Crippen LogP contribution in [0.15, 0.2) is 0 Å². The maximum atomic E-state index is 5.14. The number of hydrogen-bond acceptors (Lipinski definition) is 6. The molecule has 10 heavy (non-hydrogen) atoms. The molecule has 56 valence electrons. The van der Waals surface area contributed by atoms with Crippen molar-refractivity contribution >= 4 is 27.7 Å². The minimum absolute atomic E-state index is 0. The quantitative estimate of drug-likeness (QED) is 0.405. The van der Waals surface area contributed by atoms with Gasteiger partial charge < -0.3 is 17.2 Å². The van der Waals surface area contributed by atoms with Crippen LogP contribution in [0.5, 0.6) is 0 Å². The first-order valence-corrected chi connectivity index (χ1v) is 2.21. The normalized spacial score (nSPS) is 8.40. The van der Waals surface area contributed by atoms with Gasteiger partial charge in [-0.1, -0.05) is 0 Å². The molecule has 0 aliphatic carbocycles. The Morgan fingerprint density at radius 3 is 1.10 bits per heavy atom. The van der Waals surface area contributed by atoms with Crippen molar-refractivity contribution in [2.75, 3.05) is 17.2 Å². The molecule has 1 unspecified atom stereocenters. The number of hydrogen-bond donors (Lipinski definition) is 3. The van der Waals surface area contributed by atoms with Gasteiger partial charge in [0.15, 0.2) is 0 Å². The van der Waals surface area contributed by atoms with Gasteiger partial charge in [-0.25, -0.2) is 0 Å². The highest BCUT2D eigenvalue weighted by molar-refractivity contribution is 6.92. The van der Waals surface area contributed by atoms with Crippen LogP contribution in [-0.4, -0.2) is 15.0 Å². The SMILES string of the molecule is Nc1nc(N)nc(N)n1.P. The molecule has 6 N–H and O–H groups in total. The van der Waals surface area contributed by atoms with E-state index in [1.807, 2.05) is 0 Å². The molecule has 0 saturated carbocycles. The summed E-state index contributed by atoms with van der Waals surface area (Å²) in [7, 11) is 0. The van der Waals surface area contributed by atoms with E-state index in [0.717, 1.165) is 0 Å². The lowest BCUT2D eigenvalue weighted by Gasteiger charge is -1.93. The molecule has 6 nitrogen and oxygen atoms in total. The van der Waals surface area contributed by atoms with Gasteiger partial charge in [0.1, 0.15) is 0 Å². The van der Waals surface area contributed by atoms with E-state index in [4.69, 9.17) is 17.2 Å². The molecule has 1 aromatic rings. The lowest BCUT2D eigenvalue weighted by Crippen LogP contribution is -2.05.